The van der Waals surface area contributed by atoms with E-state index in [2.05, 4.69) is 10.6 Å². The van der Waals surface area contributed by atoms with Crippen molar-refractivity contribution in [2.45, 2.75) is 0 Å². The van der Waals surface area contributed by atoms with Crippen LogP contribution in [0.15, 0.2) is 42.5 Å². The third kappa shape index (κ3) is 4.60. The number of hydrogen-bond donors (Lipinski definition) is 2. The lowest BCUT2D eigenvalue weighted by Crippen LogP contribution is -2.32. The lowest BCUT2D eigenvalue weighted by Gasteiger charge is -2.10. The van der Waals surface area contributed by atoms with Crippen LogP contribution in [0.4, 0.5) is 19.3 Å². The number of anilines is 1. The van der Waals surface area contributed by atoms with Crippen LogP contribution in [0.5, 0.6) is 5.75 Å². The summed E-state index contributed by atoms with van der Waals surface area (Å²) in [5, 5.41) is 5.02. The minimum atomic E-state index is -0.557. The van der Waals surface area contributed by atoms with E-state index >= 15 is 0 Å². The zero-order valence-electron chi connectivity index (χ0n) is 11.4. The average Bonchev–Trinajstić information content (AvgIpc) is 2.48. The summed E-state index contributed by atoms with van der Waals surface area (Å²) in [5.41, 5.74) is 0.0856. The van der Waals surface area contributed by atoms with Crippen molar-refractivity contribution in [1.29, 1.82) is 0 Å². The Hall–Kier alpha value is -2.34. The average molecular weight is 327 g/mol. The van der Waals surface area contributed by atoms with E-state index < -0.39 is 17.7 Å². The molecule has 0 aliphatic rings. The summed E-state index contributed by atoms with van der Waals surface area (Å²) in [5.74, 6) is -0.661. The number of hydrogen-bond acceptors (Lipinski definition) is 2. The molecule has 2 amide bonds. The maximum Gasteiger partial charge on any atom is 0.319 e. The Kier molecular flexibility index (Phi) is 5.55. The van der Waals surface area contributed by atoms with Crippen molar-refractivity contribution >= 4 is 23.3 Å². The van der Waals surface area contributed by atoms with Crippen molar-refractivity contribution in [3.05, 3.63) is 59.1 Å². The first kappa shape index (κ1) is 16.0. The summed E-state index contributed by atoms with van der Waals surface area (Å²) in [6.45, 7) is 0.310. The molecule has 0 atom stereocenters. The molecule has 2 rings (SSSR count). The van der Waals surface area contributed by atoms with E-state index in [1.54, 1.807) is 6.07 Å². The SMILES string of the molecule is O=C(NCCOc1ccc(F)cc1Cl)Nc1ccccc1F. The number of carbonyl (C=O) groups excluding carboxylic acids is 1. The molecule has 0 saturated carbocycles. The van der Waals surface area contributed by atoms with Gasteiger partial charge in [-0.15, -0.1) is 0 Å². The molecule has 2 aromatic carbocycles. The largest absolute Gasteiger partial charge is 0.490 e. The van der Waals surface area contributed by atoms with E-state index in [-0.39, 0.29) is 23.9 Å². The molecule has 0 saturated heterocycles. The van der Waals surface area contributed by atoms with Crippen LogP contribution in [0.2, 0.25) is 5.02 Å². The van der Waals surface area contributed by atoms with Gasteiger partial charge in [-0.05, 0) is 30.3 Å². The van der Waals surface area contributed by atoms with Crippen molar-refractivity contribution in [3.63, 3.8) is 0 Å². The monoisotopic (exact) mass is 326 g/mol. The number of halogens is 3. The molecule has 0 radical (unpaired) electrons. The molecule has 0 aliphatic heterocycles. The predicted molar refractivity (Wildman–Crippen MR) is 80.3 cm³/mol. The number of amides is 2. The van der Waals surface area contributed by atoms with Gasteiger partial charge in [0.25, 0.3) is 0 Å². The molecular formula is C15H13ClF2N2O2. The van der Waals surface area contributed by atoms with Gasteiger partial charge in [-0.1, -0.05) is 23.7 Å². The van der Waals surface area contributed by atoms with Gasteiger partial charge in [0.2, 0.25) is 0 Å². The maximum atomic E-state index is 13.3. The van der Waals surface area contributed by atoms with Crippen LogP contribution in [0, 0.1) is 11.6 Å². The number of carbonyl (C=O) groups is 1. The Morgan fingerprint density at radius 1 is 1.18 bits per heavy atom. The molecule has 0 unspecified atom stereocenters. The number of benzene rings is 2. The molecule has 0 spiro atoms. The molecule has 0 bridgehead atoms. The number of nitrogens with one attached hydrogen (secondary N) is 2. The molecule has 116 valence electrons. The highest BCUT2D eigenvalue weighted by atomic mass is 35.5. The zero-order valence-corrected chi connectivity index (χ0v) is 12.2. The fourth-order valence-corrected chi connectivity index (χ4v) is 1.87. The number of urea groups is 1. The second-order valence-electron chi connectivity index (χ2n) is 4.28. The van der Waals surface area contributed by atoms with Crippen molar-refractivity contribution in [2.75, 3.05) is 18.5 Å². The fourth-order valence-electron chi connectivity index (χ4n) is 1.65. The van der Waals surface area contributed by atoms with Gasteiger partial charge in [-0.3, -0.25) is 0 Å². The Labute approximate surface area is 131 Å². The standard InChI is InChI=1S/C15H13ClF2N2O2/c16-11-9-10(17)5-6-14(11)22-8-7-19-15(21)20-13-4-2-1-3-12(13)18/h1-6,9H,7-8H2,(H2,19,20,21). The van der Waals surface area contributed by atoms with Gasteiger partial charge in [-0.2, -0.15) is 0 Å². The van der Waals surface area contributed by atoms with Crippen LogP contribution < -0.4 is 15.4 Å². The van der Waals surface area contributed by atoms with Crippen LogP contribution >= 0.6 is 11.6 Å². The van der Waals surface area contributed by atoms with Crippen molar-refractivity contribution in [2.24, 2.45) is 0 Å². The lowest BCUT2D eigenvalue weighted by molar-refractivity contribution is 0.247. The molecular weight excluding hydrogens is 314 g/mol. The van der Waals surface area contributed by atoms with Crippen LogP contribution in [-0.4, -0.2) is 19.2 Å². The number of ether oxygens (including phenoxy) is 1. The highest BCUT2D eigenvalue weighted by Gasteiger charge is 2.06. The van der Waals surface area contributed by atoms with Gasteiger partial charge in [0, 0.05) is 0 Å². The summed E-state index contributed by atoms with van der Waals surface area (Å²) in [6, 6.07) is 9.03. The first-order valence-electron chi connectivity index (χ1n) is 6.43. The summed E-state index contributed by atoms with van der Waals surface area (Å²) < 4.78 is 31.5. The van der Waals surface area contributed by atoms with Gasteiger partial charge in [0.1, 0.15) is 24.0 Å². The van der Waals surface area contributed by atoms with Gasteiger partial charge in [-0.25, -0.2) is 13.6 Å². The van der Waals surface area contributed by atoms with Crippen LogP contribution in [0.1, 0.15) is 0 Å². The summed E-state index contributed by atoms with van der Waals surface area (Å²) in [4.78, 5) is 11.6. The summed E-state index contributed by atoms with van der Waals surface area (Å²) in [7, 11) is 0. The third-order valence-corrected chi connectivity index (χ3v) is 2.96. The minimum Gasteiger partial charge on any atom is -0.490 e. The molecule has 0 aliphatic carbocycles. The van der Waals surface area contributed by atoms with E-state index in [1.807, 2.05) is 0 Å². The summed E-state index contributed by atoms with van der Waals surface area (Å²) in [6.07, 6.45) is 0. The van der Waals surface area contributed by atoms with E-state index in [4.69, 9.17) is 16.3 Å². The second-order valence-corrected chi connectivity index (χ2v) is 4.69. The van der Waals surface area contributed by atoms with Crippen molar-refractivity contribution in [3.8, 4) is 5.75 Å². The van der Waals surface area contributed by atoms with Gasteiger partial charge < -0.3 is 15.4 Å². The predicted octanol–water partition coefficient (Wildman–Crippen LogP) is 3.82. The Morgan fingerprint density at radius 2 is 1.95 bits per heavy atom. The second kappa shape index (κ2) is 7.61. The Bertz CT molecular complexity index is 668. The first-order chi connectivity index (χ1) is 10.6. The Balaban J connectivity index is 1.74. The Morgan fingerprint density at radius 3 is 2.68 bits per heavy atom. The highest BCUT2D eigenvalue weighted by Crippen LogP contribution is 2.24. The van der Waals surface area contributed by atoms with Gasteiger partial charge >= 0.3 is 6.03 Å². The quantitative estimate of drug-likeness (QED) is 0.821. The number of para-hydroxylation sites is 1. The van der Waals surface area contributed by atoms with Crippen molar-refractivity contribution in [1.82, 2.24) is 5.32 Å². The molecule has 2 N–H and O–H groups in total. The number of rotatable bonds is 5. The van der Waals surface area contributed by atoms with Crippen LogP contribution in [-0.2, 0) is 0 Å². The lowest BCUT2D eigenvalue weighted by atomic mass is 10.3. The van der Waals surface area contributed by atoms with Crippen LogP contribution in [0.25, 0.3) is 0 Å². The molecule has 7 heteroatoms. The van der Waals surface area contributed by atoms with E-state index in [1.165, 1.54) is 30.3 Å². The maximum absolute atomic E-state index is 13.3. The molecule has 4 nitrogen and oxygen atoms in total. The fraction of sp³-hybridized carbons (Fsp3) is 0.133. The summed E-state index contributed by atoms with van der Waals surface area (Å²) >= 11 is 5.79. The smallest absolute Gasteiger partial charge is 0.319 e. The zero-order chi connectivity index (χ0) is 15.9. The molecule has 0 aromatic heterocycles. The van der Waals surface area contributed by atoms with E-state index in [0.717, 1.165) is 6.07 Å². The van der Waals surface area contributed by atoms with Crippen LogP contribution in [0.3, 0.4) is 0 Å². The highest BCUT2D eigenvalue weighted by molar-refractivity contribution is 6.32. The first-order valence-corrected chi connectivity index (χ1v) is 6.81. The van der Waals surface area contributed by atoms with Gasteiger partial charge in [0.05, 0.1) is 17.3 Å². The van der Waals surface area contributed by atoms with Gasteiger partial charge in [0.15, 0.2) is 0 Å². The minimum absolute atomic E-state index is 0.0856. The van der Waals surface area contributed by atoms with E-state index in [9.17, 15) is 13.6 Å². The molecule has 22 heavy (non-hydrogen) atoms. The molecule has 2 aromatic rings. The van der Waals surface area contributed by atoms with Crippen molar-refractivity contribution < 1.29 is 18.3 Å². The van der Waals surface area contributed by atoms with E-state index in [0.29, 0.717) is 5.75 Å². The molecule has 0 heterocycles. The molecule has 0 fully saturated rings. The normalized spacial score (nSPS) is 10.1. The third-order valence-electron chi connectivity index (χ3n) is 2.66. The topological polar surface area (TPSA) is 50.4 Å².